The van der Waals surface area contributed by atoms with Crippen molar-refractivity contribution >= 4 is 11.6 Å². The molecular weight excluding hydrogens is 228 g/mol. The summed E-state index contributed by atoms with van der Waals surface area (Å²) in [6, 6.07) is 7.48. The van der Waals surface area contributed by atoms with Gasteiger partial charge in [0.1, 0.15) is 0 Å². The predicted octanol–water partition coefficient (Wildman–Crippen LogP) is 2.26. The van der Waals surface area contributed by atoms with Gasteiger partial charge >= 0.3 is 0 Å². The summed E-state index contributed by atoms with van der Waals surface area (Å²) in [6.45, 7) is 5.14. The maximum absolute atomic E-state index is 11.7. The molecule has 0 saturated heterocycles. The molecule has 0 fully saturated rings. The lowest BCUT2D eigenvalue weighted by Gasteiger charge is -2.16. The first-order valence-corrected chi connectivity index (χ1v) is 6.36. The van der Waals surface area contributed by atoms with Crippen LogP contribution in [-0.4, -0.2) is 19.1 Å². The molecule has 1 rings (SSSR count). The molecule has 3 N–H and O–H groups in total. The molecule has 0 heterocycles. The molecule has 0 saturated carbocycles. The molecule has 0 bridgehead atoms. The van der Waals surface area contributed by atoms with Crippen molar-refractivity contribution in [1.29, 1.82) is 0 Å². The molecule has 0 aliphatic heterocycles. The van der Waals surface area contributed by atoms with Gasteiger partial charge in [0.05, 0.1) is 12.6 Å². The Bertz CT molecular complexity index is 380. The van der Waals surface area contributed by atoms with Crippen molar-refractivity contribution in [2.45, 2.75) is 32.7 Å². The van der Waals surface area contributed by atoms with Crippen LogP contribution in [0.1, 0.15) is 38.3 Å². The highest BCUT2D eigenvalue weighted by Gasteiger charge is 2.11. The minimum atomic E-state index is -0.0788. The summed E-state index contributed by atoms with van der Waals surface area (Å²) in [5, 5.41) is 2.91. The van der Waals surface area contributed by atoms with E-state index in [1.54, 1.807) is 0 Å². The molecule has 1 unspecified atom stereocenters. The second kappa shape index (κ2) is 7.71. The zero-order chi connectivity index (χ0) is 13.4. The Hall–Kier alpha value is -1.55. The van der Waals surface area contributed by atoms with Gasteiger partial charge in [-0.15, -0.1) is 0 Å². The monoisotopic (exact) mass is 250 g/mol. The lowest BCUT2D eigenvalue weighted by atomic mass is 10.1. The van der Waals surface area contributed by atoms with E-state index in [0.29, 0.717) is 25.3 Å². The Morgan fingerprint density at radius 3 is 2.78 bits per heavy atom. The lowest BCUT2D eigenvalue weighted by Crippen LogP contribution is -2.28. The first-order valence-electron chi connectivity index (χ1n) is 6.36. The van der Waals surface area contributed by atoms with Gasteiger partial charge in [-0.25, -0.2) is 0 Å². The van der Waals surface area contributed by atoms with E-state index >= 15 is 0 Å². The Morgan fingerprint density at radius 2 is 2.11 bits per heavy atom. The predicted molar refractivity (Wildman–Crippen MR) is 73.1 cm³/mol. The number of para-hydroxylation sites is 1. The molecule has 4 heteroatoms. The van der Waals surface area contributed by atoms with E-state index in [1.807, 2.05) is 38.1 Å². The Morgan fingerprint density at radius 1 is 1.39 bits per heavy atom. The highest BCUT2D eigenvalue weighted by Crippen LogP contribution is 2.19. The topological polar surface area (TPSA) is 64.3 Å². The molecule has 1 aromatic carbocycles. The summed E-state index contributed by atoms with van der Waals surface area (Å²) in [5.74, 6) is -0.0122. The second-order valence-corrected chi connectivity index (χ2v) is 4.28. The third-order valence-electron chi connectivity index (χ3n) is 2.66. The maximum Gasteiger partial charge on any atom is 0.222 e. The summed E-state index contributed by atoms with van der Waals surface area (Å²) >= 11 is 0. The fourth-order valence-electron chi connectivity index (χ4n) is 1.71. The van der Waals surface area contributed by atoms with Crippen molar-refractivity contribution in [3.05, 3.63) is 29.8 Å². The zero-order valence-electron chi connectivity index (χ0n) is 11.1. The Labute approximate surface area is 109 Å². The van der Waals surface area contributed by atoms with Crippen molar-refractivity contribution in [1.82, 2.24) is 5.32 Å². The normalized spacial score (nSPS) is 12.1. The first-order chi connectivity index (χ1) is 8.65. The number of amides is 1. The zero-order valence-corrected chi connectivity index (χ0v) is 11.1. The van der Waals surface area contributed by atoms with Crippen LogP contribution in [0.25, 0.3) is 0 Å². The summed E-state index contributed by atoms with van der Waals surface area (Å²) in [4.78, 5) is 11.7. The van der Waals surface area contributed by atoms with Crippen LogP contribution in [0.5, 0.6) is 0 Å². The number of benzene rings is 1. The van der Waals surface area contributed by atoms with Crippen molar-refractivity contribution < 1.29 is 9.53 Å². The van der Waals surface area contributed by atoms with E-state index in [1.165, 1.54) is 0 Å². The van der Waals surface area contributed by atoms with E-state index in [4.69, 9.17) is 10.5 Å². The minimum Gasteiger partial charge on any atom is -0.398 e. The van der Waals surface area contributed by atoms with Crippen LogP contribution in [0.3, 0.4) is 0 Å². The van der Waals surface area contributed by atoms with E-state index in [2.05, 4.69) is 5.32 Å². The minimum absolute atomic E-state index is 0.0122. The van der Waals surface area contributed by atoms with Gasteiger partial charge in [0.25, 0.3) is 0 Å². The number of nitrogens with one attached hydrogen (secondary N) is 1. The van der Waals surface area contributed by atoms with Gasteiger partial charge < -0.3 is 15.8 Å². The molecule has 100 valence electrons. The number of rotatable bonds is 7. The number of hydrogen-bond donors (Lipinski definition) is 2. The molecule has 0 aliphatic carbocycles. The van der Waals surface area contributed by atoms with Crippen molar-refractivity contribution in [3.63, 3.8) is 0 Å². The van der Waals surface area contributed by atoms with E-state index in [-0.39, 0.29) is 11.9 Å². The van der Waals surface area contributed by atoms with E-state index < -0.39 is 0 Å². The fraction of sp³-hybridized carbons (Fsp3) is 0.500. The highest BCUT2D eigenvalue weighted by molar-refractivity contribution is 5.76. The Kier molecular flexibility index (Phi) is 6.22. The number of carbonyl (C=O) groups is 1. The van der Waals surface area contributed by atoms with Crippen LogP contribution in [-0.2, 0) is 9.53 Å². The fourth-order valence-corrected chi connectivity index (χ4v) is 1.71. The average molecular weight is 250 g/mol. The second-order valence-electron chi connectivity index (χ2n) is 4.28. The van der Waals surface area contributed by atoms with Gasteiger partial charge in [0, 0.05) is 18.7 Å². The molecule has 4 nitrogen and oxygen atoms in total. The van der Waals surface area contributed by atoms with Crippen molar-refractivity contribution in [3.8, 4) is 0 Å². The quantitative estimate of drug-likeness (QED) is 0.576. The summed E-state index contributed by atoms with van der Waals surface area (Å²) in [7, 11) is 0. The first kappa shape index (κ1) is 14.5. The highest BCUT2D eigenvalue weighted by atomic mass is 16.5. The largest absolute Gasteiger partial charge is 0.398 e. The summed E-state index contributed by atoms with van der Waals surface area (Å²) in [5.41, 5.74) is 7.51. The Balaban J connectivity index is 2.38. The molecule has 18 heavy (non-hydrogen) atoms. The molecule has 1 atom stereocenters. The lowest BCUT2D eigenvalue weighted by molar-refractivity contribution is -0.122. The molecule has 1 amide bonds. The van der Waals surface area contributed by atoms with Crippen molar-refractivity contribution in [2.24, 2.45) is 0 Å². The van der Waals surface area contributed by atoms with Crippen LogP contribution < -0.4 is 11.1 Å². The molecule has 0 aliphatic rings. The van der Waals surface area contributed by atoms with Crippen LogP contribution in [0.4, 0.5) is 5.69 Å². The molecule has 0 radical (unpaired) electrons. The number of hydrogen-bond acceptors (Lipinski definition) is 3. The van der Waals surface area contributed by atoms with Gasteiger partial charge in [-0.05, 0) is 25.0 Å². The number of carbonyl (C=O) groups excluding carboxylic acids is 1. The van der Waals surface area contributed by atoms with Gasteiger partial charge in [-0.3, -0.25) is 4.79 Å². The summed E-state index contributed by atoms with van der Waals surface area (Å²) in [6.07, 6.45) is 1.36. The molecule has 0 aromatic heterocycles. The van der Waals surface area contributed by atoms with E-state index in [9.17, 15) is 4.79 Å². The van der Waals surface area contributed by atoms with Gasteiger partial charge in [-0.2, -0.15) is 0 Å². The van der Waals surface area contributed by atoms with Gasteiger partial charge in [0.15, 0.2) is 0 Å². The van der Waals surface area contributed by atoms with Crippen LogP contribution in [0, 0.1) is 0 Å². The van der Waals surface area contributed by atoms with Crippen LogP contribution >= 0.6 is 0 Å². The third kappa shape index (κ3) is 4.75. The number of anilines is 1. The van der Waals surface area contributed by atoms with Gasteiger partial charge in [0.2, 0.25) is 5.91 Å². The van der Waals surface area contributed by atoms with Crippen LogP contribution in [0.15, 0.2) is 24.3 Å². The number of ether oxygens (including phenoxy) is 1. The number of nitrogen functional groups attached to an aromatic ring is 1. The maximum atomic E-state index is 11.7. The van der Waals surface area contributed by atoms with Gasteiger partial charge in [-0.1, -0.05) is 25.1 Å². The molecule has 1 aromatic rings. The summed E-state index contributed by atoms with van der Waals surface area (Å²) < 4.78 is 5.28. The number of nitrogens with two attached hydrogens (primary N) is 1. The molecule has 0 spiro atoms. The smallest absolute Gasteiger partial charge is 0.222 e. The van der Waals surface area contributed by atoms with Crippen LogP contribution in [0.2, 0.25) is 0 Å². The van der Waals surface area contributed by atoms with Crippen molar-refractivity contribution in [2.75, 3.05) is 18.9 Å². The SMILES string of the molecule is CCCOCCC(=O)NC(C)c1ccccc1N. The third-order valence-corrected chi connectivity index (χ3v) is 2.66. The molecular formula is C14H22N2O2. The standard InChI is InChI=1S/C14H22N2O2/c1-3-9-18-10-8-14(17)16-11(2)12-6-4-5-7-13(12)15/h4-7,11H,3,8-10,15H2,1-2H3,(H,16,17). The average Bonchev–Trinajstić information content (AvgIpc) is 2.35. The van der Waals surface area contributed by atoms with E-state index in [0.717, 1.165) is 12.0 Å².